The van der Waals surface area contributed by atoms with Crippen molar-refractivity contribution >= 4 is 34.3 Å². The Balaban J connectivity index is 1.05. The van der Waals surface area contributed by atoms with Crippen LogP contribution in [0.15, 0.2) is 85.1 Å². The zero-order valence-electron chi connectivity index (χ0n) is 22.7. The van der Waals surface area contributed by atoms with E-state index in [-0.39, 0.29) is 30.3 Å². The number of carbonyl (C=O) groups is 3. The maximum absolute atomic E-state index is 14.0. The minimum Gasteiger partial charge on any atom is -0.351 e. The number of H-pyrrole nitrogens is 1. The number of amides is 3. The quantitative estimate of drug-likeness (QED) is 0.384. The number of fused-ring (bicyclic) bond motifs is 1. The highest BCUT2D eigenvalue weighted by molar-refractivity contribution is 5.99. The molecule has 1 saturated carbocycles. The van der Waals surface area contributed by atoms with E-state index in [0.29, 0.717) is 44.1 Å². The number of carbonyl (C=O) groups excluding carboxylic acids is 3. The number of anilines is 1. The normalized spacial score (nSPS) is 21.5. The van der Waals surface area contributed by atoms with Gasteiger partial charge in [-0.15, -0.1) is 0 Å². The summed E-state index contributed by atoms with van der Waals surface area (Å²) in [7, 11) is 0. The smallest absolute Gasteiger partial charge is 0.253 e. The summed E-state index contributed by atoms with van der Waals surface area (Å²) < 4.78 is 0. The topological polar surface area (TPSA) is 102 Å². The van der Waals surface area contributed by atoms with Gasteiger partial charge in [-0.2, -0.15) is 5.10 Å². The number of aromatic amines is 1. The second-order valence-electron chi connectivity index (χ2n) is 11.3. The van der Waals surface area contributed by atoms with E-state index in [4.69, 9.17) is 0 Å². The first kappa shape index (κ1) is 25.3. The van der Waals surface area contributed by atoms with Gasteiger partial charge in [0.2, 0.25) is 5.91 Å². The summed E-state index contributed by atoms with van der Waals surface area (Å²) in [6.45, 7) is 1.28. The van der Waals surface area contributed by atoms with Gasteiger partial charge in [-0.05, 0) is 55.2 Å². The molecule has 3 aliphatic rings. The largest absolute Gasteiger partial charge is 0.351 e. The molecule has 3 heterocycles. The van der Waals surface area contributed by atoms with E-state index in [1.807, 2.05) is 71.6 Å². The Morgan fingerprint density at radius 3 is 2.46 bits per heavy atom. The van der Waals surface area contributed by atoms with Crippen molar-refractivity contribution in [3.8, 4) is 0 Å². The minimum atomic E-state index is -0.793. The monoisotopic (exact) mass is 548 g/mol. The molecule has 2 saturated heterocycles. The maximum Gasteiger partial charge on any atom is 0.253 e. The van der Waals surface area contributed by atoms with Crippen molar-refractivity contribution in [3.05, 3.63) is 96.2 Å². The number of nitrogens with zero attached hydrogens (tertiary/aromatic N) is 4. The molecule has 7 rings (SSSR count). The lowest BCUT2D eigenvalue weighted by Gasteiger charge is -2.43. The van der Waals surface area contributed by atoms with Crippen molar-refractivity contribution in [1.29, 1.82) is 0 Å². The number of hydrogen-bond acceptors (Lipinski definition) is 5. The van der Waals surface area contributed by atoms with Gasteiger partial charge in [-0.25, -0.2) is 0 Å². The molecule has 41 heavy (non-hydrogen) atoms. The van der Waals surface area contributed by atoms with Gasteiger partial charge >= 0.3 is 0 Å². The number of benzene rings is 3. The molecule has 3 aromatic carbocycles. The first-order chi connectivity index (χ1) is 20.0. The van der Waals surface area contributed by atoms with Crippen LogP contribution in [0.3, 0.4) is 0 Å². The van der Waals surface area contributed by atoms with Gasteiger partial charge in [-0.1, -0.05) is 48.5 Å². The molecule has 0 radical (unpaired) electrons. The predicted octanol–water partition coefficient (Wildman–Crippen LogP) is 3.52. The van der Waals surface area contributed by atoms with Crippen LogP contribution in [-0.2, 0) is 9.59 Å². The molecule has 1 aromatic heterocycles. The van der Waals surface area contributed by atoms with Crippen LogP contribution in [0.1, 0.15) is 41.1 Å². The summed E-state index contributed by atoms with van der Waals surface area (Å²) in [5.74, 6) is 0.110. The molecule has 3 amide bonds. The molecule has 9 heteroatoms. The maximum atomic E-state index is 14.0. The van der Waals surface area contributed by atoms with Crippen molar-refractivity contribution in [1.82, 2.24) is 25.3 Å². The number of likely N-dealkylation sites (tertiary alicyclic amines) is 1. The highest BCUT2D eigenvalue weighted by atomic mass is 16.2. The summed E-state index contributed by atoms with van der Waals surface area (Å²) in [6, 6.07) is 25.7. The Labute approximate surface area is 238 Å². The van der Waals surface area contributed by atoms with E-state index in [0.717, 1.165) is 23.0 Å². The lowest BCUT2D eigenvalue weighted by Crippen LogP contribution is -2.57. The molecular formula is C32H32N6O3. The second kappa shape index (κ2) is 10.1. The highest BCUT2D eigenvalue weighted by Gasteiger charge is 2.54. The van der Waals surface area contributed by atoms with Gasteiger partial charge in [0.05, 0.1) is 18.4 Å². The Bertz CT molecular complexity index is 1600. The zero-order valence-corrected chi connectivity index (χ0v) is 22.7. The van der Waals surface area contributed by atoms with Crippen LogP contribution < -0.4 is 10.2 Å². The summed E-state index contributed by atoms with van der Waals surface area (Å²) in [5.41, 5.74) is 2.88. The fraction of sp³-hybridized carbons (Fsp3) is 0.312. The van der Waals surface area contributed by atoms with Crippen LogP contribution >= 0.6 is 0 Å². The summed E-state index contributed by atoms with van der Waals surface area (Å²) in [4.78, 5) is 46.1. The standard InChI is InChI=1S/C32H32N6O3/c39-29(34-28-18-26(28)22-7-3-1-4-8-22)20-37-21-38(25-9-5-2-6-10-25)32(31(37)41)13-15-36(16-14-32)30(40)23-11-12-27-24(17-23)19-33-35-27/h1-12,17,19,26,28H,13-16,18,20-21H2,(H,33,35)(H,34,39). The Hall–Kier alpha value is -4.66. The summed E-state index contributed by atoms with van der Waals surface area (Å²) in [5, 5.41) is 11.0. The van der Waals surface area contributed by atoms with Crippen LogP contribution in [0.25, 0.3) is 10.9 Å². The summed E-state index contributed by atoms with van der Waals surface area (Å²) >= 11 is 0. The van der Waals surface area contributed by atoms with E-state index in [1.54, 1.807) is 11.1 Å². The molecule has 2 aliphatic heterocycles. The van der Waals surface area contributed by atoms with Crippen LogP contribution in [-0.4, -0.2) is 75.6 Å². The Morgan fingerprint density at radius 2 is 1.71 bits per heavy atom. The average molecular weight is 549 g/mol. The molecule has 2 N–H and O–H groups in total. The fourth-order valence-corrected chi connectivity index (χ4v) is 6.51. The van der Waals surface area contributed by atoms with Gasteiger partial charge in [0.25, 0.3) is 11.8 Å². The number of rotatable bonds is 6. The van der Waals surface area contributed by atoms with Crippen molar-refractivity contribution < 1.29 is 14.4 Å². The fourth-order valence-electron chi connectivity index (χ4n) is 6.51. The molecule has 9 nitrogen and oxygen atoms in total. The molecule has 3 fully saturated rings. The Morgan fingerprint density at radius 1 is 0.976 bits per heavy atom. The van der Waals surface area contributed by atoms with E-state index in [9.17, 15) is 14.4 Å². The van der Waals surface area contributed by atoms with Gasteiger partial charge in [0.1, 0.15) is 12.1 Å². The first-order valence-electron chi connectivity index (χ1n) is 14.2. The number of piperidine rings is 1. The second-order valence-corrected chi connectivity index (χ2v) is 11.3. The Kier molecular flexibility index (Phi) is 6.22. The molecular weight excluding hydrogens is 516 g/mol. The third-order valence-corrected chi connectivity index (χ3v) is 8.85. The lowest BCUT2D eigenvalue weighted by molar-refractivity contribution is -0.137. The van der Waals surface area contributed by atoms with Crippen molar-refractivity contribution in [2.24, 2.45) is 0 Å². The molecule has 1 aliphatic carbocycles. The van der Waals surface area contributed by atoms with Gasteiger partial charge < -0.3 is 20.0 Å². The number of aromatic nitrogens is 2. The number of hydrogen-bond donors (Lipinski definition) is 2. The number of para-hydroxylation sites is 1. The highest BCUT2D eigenvalue weighted by Crippen LogP contribution is 2.41. The number of nitrogens with one attached hydrogen (secondary N) is 2. The van der Waals surface area contributed by atoms with Crippen molar-refractivity contribution in [3.63, 3.8) is 0 Å². The van der Waals surface area contributed by atoms with Crippen LogP contribution in [0, 0.1) is 0 Å². The van der Waals surface area contributed by atoms with Crippen molar-refractivity contribution in [2.75, 3.05) is 31.2 Å². The molecule has 0 bridgehead atoms. The van der Waals surface area contributed by atoms with Crippen LogP contribution in [0.4, 0.5) is 5.69 Å². The molecule has 208 valence electrons. The van der Waals surface area contributed by atoms with Crippen LogP contribution in [0.5, 0.6) is 0 Å². The van der Waals surface area contributed by atoms with Crippen LogP contribution in [0.2, 0.25) is 0 Å². The van der Waals surface area contributed by atoms with E-state index >= 15 is 0 Å². The first-order valence-corrected chi connectivity index (χ1v) is 14.2. The van der Waals surface area contributed by atoms with Gasteiger partial charge in [-0.3, -0.25) is 19.5 Å². The van der Waals surface area contributed by atoms with Gasteiger partial charge in [0, 0.05) is 41.7 Å². The summed E-state index contributed by atoms with van der Waals surface area (Å²) in [6.07, 6.45) is 3.62. The van der Waals surface area contributed by atoms with E-state index in [1.165, 1.54) is 5.56 Å². The van der Waals surface area contributed by atoms with Crippen molar-refractivity contribution in [2.45, 2.75) is 36.8 Å². The van der Waals surface area contributed by atoms with E-state index in [2.05, 4.69) is 32.5 Å². The predicted molar refractivity (Wildman–Crippen MR) is 155 cm³/mol. The molecule has 2 unspecified atom stereocenters. The zero-order chi connectivity index (χ0) is 28.0. The SMILES string of the molecule is O=C(CN1CN(c2ccccc2)C2(CCN(C(=O)c3ccc4[nH]ncc4c3)CC2)C1=O)NC1CC1c1ccccc1. The molecule has 2 atom stereocenters. The third kappa shape index (κ3) is 4.61. The molecule has 1 spiro atoms. The van der Waals surface area contributed by atoms with E-state index < -0.39 is 5.54 Å². The lowest BCUT2D eigenvalue weighted by atomic mass is 9.85. The minimum absolute atomic E-state index is 0.0231. The average Bonchev–Trinajstić information content (AvgIpc) is 3.52. The van der Waals surface area contributed by atoms with Gasteiger partial charge in [0.15, 0.2) is 0 Å². The molecule has 4 aromatic rings. The third-order valence-electron chi connectivity index (χ3n) is 8.85.